The summed E-state index contributed by atoms with van der Waals surface area (Å²) in [6.45, 7) is 5.60. The third-order valence-electron chi connectivity index (χ3n) is 2.69. The van der Waals surface area contributed by atoms with Crippen molar-refractivity contribution in [3.8, 4) is 0 Å². The number of rotatable bonds is 6. The first-order valence-corrected chi connectivity index (χ1v) is 8.06. The molecule has 5 nitrogen and oxygen atoms in total. The van der Waals surface area contributed by atoms with E-state index in [1.165, 1.54) is 7.11 Å². The topological polar surface area (TPSA) is 64.6 Å². The molecule has 0 spiro atoms. The summed E-state index contributed by atoms with van der Waals surface area (Å²) < 4.78 is 11.3. The zero-order valence-corrected chi connectivity index (χ0v) is 15.5. The molecule has 1 aromatic rings. The number of carbonyl (C=O) groups excluding carboxylic acids is 2. The molecule has 0 saturated carbocycles. The van der Waals surface area contributed by atoms with Crippen LogP contribution in [-0.2, 0) is 9.47 Å². The van der Waals surface area contributed by atoms with Gasteiger partial charge in [-0.05, 0) is 55.5 Å². The third-order valence-corrected chi connectivity index (χ3v) is 3.41. The number of ketones is 1. The van der Waals surface area contributed by atoms with Crippen LogP contribution in [0, 0.1) is 3.57 Å². The van der Waals surface area contributed by atoms with Crippen LogP contribution in [0.3, 0.4) is 0 Å². The van der Waals surface area contributed by atoms with E-state index in [4.69, 9.17) is 9.47 Å². The van der Waals surface area contributed by atoms with Gasteiger partial charge >= 0.3 is 6.09 Å². The maximum absolute atomic E-state index is 12.3. The van der Waals surface area contributed by atoms with E-state index in [2.05, 4.69) is 27.9 Å². The number of hydrogen-bond donors (Lipinski definition) is 1. The van der Waals surface area contributed by atoms with Crippen molar-refractivity contribution in [1.82, 2.24) is 5.32 Å². The summed E-state index contributed by atoms with van der Waals surface area (Å²) >= 11 is 2.18. The van der Waals surface area contributed by atoms with Gasteiger partial charge in [-0.15, -0.1) is 0 Å². The van der Waals surface area contributed by atoms with Crippen LogP contribution in [0.25, 0.3) is 0 Å². The molecule has 1 N–H and O–H groups in total. The van der Waals surface area contributed by atoms with Crippen molar-refractivity contribution >= 4 is 34.5 Å². The zero-order chi connectivity index (χ0) is 16.8. The lowest BCUT2D eigenvalue weighted by molar-refractivity contribution is 0.0464. The van der Waals surface area contributed by atoms with Crippen LogP contribution in [-0.4, -0.2) is 37.2 Å². The van der Waals surface area contributed by atoms with Crippen LogP contribution in [0.5, 0.6) is 0 Å². The fraction of sp³-hybridized carbons (Fsp3) is 0.500. The second kappa shape index (κ2) is 8.47. The van der Waals surface area contributed by atoms with E-state index in [-0.39, 0.29) is 18.8 Å². The number of alkyl carbamates (subject to hydrolysis) is 1. The first-order valence-electron chi connectivity index (χ1n) is 6.98. The Balaban J connectivity index is 2.65. The maximum atomic E-state index is 12.3. The molecule has 0 aliphatic rings. The van der Waals surface area contributed by atoms with Crippen molar-refractivity contribution in [2.45, 2.75) is 38.8 Å². The molecule has 22 heavy (non-hydrogen) atoms. The number of ether oxygens (including phenoxy) is 2. The number of nitrogens with one attached hydrogen (secondary N) is 1. The van der Waals surface area contributed by atoms with Gasteiger partial charge in [0.1, 0.15) is 5.60 Å². The first-order chi connectivity index (χ1) is 10.2. The van der Waals surface area contributed by atoms with Crippen LogP contribution < -0.4 is 5.32 Å². The normalized spacial score (nSPS) is 12.6. The Morgan fingerprint density at radius 3 is 2.32 bits per heavy atom. The molecule has 0 aliphatic heterocycles. The lowest BCUT2D eigenvalue weighted by Gasteiger charge is -2.23. The molecule has 0 saturated heterocycles. The molecule has 0 bridgehead atoms. The Hall–Kier alpha value is -1.15. The number of hydrogen-bond acceptors (Lipinski definition) is 4. The summed E-state index contributed by atoms with van der Waals surface area (Å²) in [6, 6.07) is 6.88. The molecule has 122 valence electrons. The average Bonchev–Trinajstić information content (AvgIpc) is 2.37. The zero-order valence-electron chi connectivity index (χ0n) is 13.3. The van der Waals surface area contributed by atoms with Crippen LogP contribution in [0.2, 0.25) is 0 Å². The number of halogens is 1. The van der Waals surface area contributed by atoms with Gasteiger partial charge in [-0.2, -0.15) is 0 Å². The van der Waals surface area contributed by atoms with Gasteiger partial charge in [-0.3, -0.25) is 4.79 Å². The number of methoxy groups -OCH3 is 1. The van der Waals surface area contributed by atoms with Crippen molar-refractivity contribution < 1.29 is 19.1 Å². The molecule has 0 radical (unpaired) electrons. The number of carbonyl (C=O) groups is 2. The largest absolute Gasteiger partial charge is 0.444 e. The second-order valence-corrected chi connectivity index (χ2v) is 7.18. The minimum Gasteiger partial charge on any atom is -0.444 e. The standard InChI is InChI=1S/C16H22INO4/c1-16(2,3)22-15(20)18-13(10-21-4)9-14(19)11-5-7-12(17)8-6-11/h5-8,13H,9-10H2,1-4H3,(H,18,20). The Bertz CT molecular complexity index is 508. The molecule has 0 fully saturated rings. The van der Waals surface area contributed by atoms with E-state index >= 15 is 0 Å². The van der Waals surface area contributed by atoms with E-state index < -0.39 is 17.7 Å². The molecule has 1 rings (SSSR count). The Labute approximate surface area is 144 Å². The molecule has 0 aliphatic carbocycles. The molecule has 1 aromatic carbocycles. The van der Waals surface area contributed by atoms with Crippen molar-refractivity contribution in [1.29, 1.82) is 0 Å². The SMILES string of the molecule is COCC(CC(=O)c1ccc(I)cc1)NC(=O)OC(C)(C)C. The van der Waals surface area contributed by atoms with E-state index in [0.29, 0.717) is 5.56 Å². The number of Topliss-reactive ketones (excluding diaryl/α,β-unsaturated/α-hetero) is 1. The predicted octanol–water partition coefficient (Wildman–Crippen LogP) is 3.40. The summed E-state index contributed by atoms with van der Waals surface area (Å²) in [4.78, 5) is 24.1. The molecule has 1 amide bonds. The molecular formula is C16H22INO4. The highest BCUT2D eigenvalue weighted by Gasteiger charge is 2.21. The highest BCUT2D eigenvalue weighted by molar-refractivity contribution is 14.1. The van der Waals surface area contributed by atoms with Crippen molar-refractivity contribution in [3.05, 3.63) is 33.4 Å². The number of amides is 1. The molecular weight excluding hydrogens is 397 g/mol. The summed E-state index contributed by atoms with van der Waals surface area (Å²) in [5.74, 6) is -0.0468. The quantitative estimate of drug-likeness (QED) is 0.567. The molecule has 0 heterocycles. The van der Waals surface area contributed by atoms with Crippen molar-refractivity contribution in [2.75, 3.05) is 13.7 Å². The second-order valence-electron chi connectivity index (χ2n) is 5.93. The Kier molecular flexibility index (Phi) is 7.28. The predicted molar refractivity (Wildman–Crippen MR) is 93.1 cm³/mol. The minimum atomic E-state index is -0.582. The smallest absolute Gasteiger partial charge is 0.407 e. The average molecular weight is 419 g/mol. The summed E-state index contributed by atoms with van der Waals surface area (Å²) in [7, 11) is 1.53. The van der Waals surface area contributed by atoms with E-state index in [1.54, 1.807) is 32.9 Å². The highest BCUT2D eigenvalue weighted by atomic mass is 127. The summed E-state index contributed by atoms with van der Waals surface area (Å²) in [5, 5.41) is 2.68. The van der Waals surface area contributed by atoms with Gasteiger partial charge in [0, 0.05) is 22.7 Å². The van der Waals surface area contributed by atoms with Gasteiger partial charge in [-0.1, -0.05) is 12.1 Å². The van der Waals surface area contributed by atoms with Crippen LogP contribution in [0.1, 0.15) is 37.6 Å². The summed E-state index contributed by atoms with van der Waals surface area (Å²) in [5.41, 5.74) is 0.0365. The van der Waals surface area contributed by atoms with Crippen LogP contribution >= 0.6 is 22.6 Å². The van der Waals surface area contributed by atoms with Crippen molar-refractivity contribution in [2.24, 2.45) is 0 Å². The minimum absolute atomic E-state index is 0.0468. The molecule has 1 atom stereocenters. The number of benzene rings is 1. The molecule has 6 heteroatoms. The van der Waals surface area contributed by atoms with Crippen LogP contribution in [0.4, 0.5) is 4.79 Å². The van der Waals surface area contributed by atoms with E-state index in [9.17, 15) is 9.59 Å². The van der Waals surface area contributed by atoms with Gasteiger partial charge in [-0.25, -0.2) is 4.79 Å². The van der Waals surface area contributed by atoms with Crippen LogP contribution in [0.15, 0.2) is 24.3 Å². The van der Waals surface area contributed by atoms with Gasteiger partial charge in [0.25, 0.3) is 0 Å². The van der Waals surface area contributed by atoms with Gasteiger partial charge in [0.2, 0.25) is 0 Å². The first kappa shape index (κ1) is 18.9. The Morgan fingerprint density at radius 1 is 1.23 bits per heavy atom. The lowest BCUT2D eigenvalue weighted by Crippen LogP contribution is -2.42. The Morgan fingerprint density at radius 2 is 1.82 bits per heavy atom. The summed E-state index contributed by atoms with van der Waals surface area (Å²) in [6.07, 6.45) is -0.391. The maximum Gasteiger partial charge on any atom is 0.407 e. The van der Waals surface area contributed by atoms with Gasteiger partial charge in [0.05, 0.1) is 12.6 Å². The molecule has 0 aromatic heterocycles. The highest BCUT2D eigenvalue weighted by Crippen LogP contribution is 2.11. The van der Waals surface area contributed by atoms with E-state index in [0.717, 1.165) is 3.57 Å². The third kappa shape index (κ3) is 7.22. The van der Waals surface area contributed by atoms with Gasteiger partial charge < -0.3 is 14.8 Å². The van der Waals surface area contributed by atoms with Crippen molar-refractivity contribution in [3.63, 3.8) is 0 Å². The molecule has 1 unspecified atom stereocenters. The fourth-order valence-electron chi connectivity index (χ4n) is 1.80. The lowest BCUT2D eigenvalue weighted by atomic mass is 10.0. The van der Waals surface area contributed by atoms with Gasteiger partial charge in [0.15, 0.2) is 5.78 Å². The van der Waals surface area contributed by atoms with E-state index in [1.807, 2.05) is 12.1 Å². The fourth-order valence-corrected chi connectivity index (χ4v) is 2.16. The monoisotopic (exact) mass is 419 g/mol.